The number of rotatable bonds is 4. The second kappa shape index (κ2) is 8.34. The zero-order chi connectivity index (χ0) is 18.4. The van der Waals surface area contributed by atoms with Crippen LogP contribution in [0.15, 0.2) is 24.5 Å². The van der Waals surface area contributed by atoms with Crippen molar-refractivity contribution >= 4 is 12.4 Å². The van der Waals surface area contributed by atoms with E-state index >= 15 is 0 Å². The van der Waals surface area contributed by atoms with Crippen LogP contribution >= 0.6 is 0 Å². The summed E-state index contributed by atoms with van der Waals surface area (Å²) in [6.45, 7) is 4.11. The molecule has 0 saturated heterocycles. The highest BCUT2D eigenvalue weighted by Gasteiger charge is 2.21. The molecule has 0 bridgehead atoms. The fraction of sp³-hybridized carbons (Fsp3) is 0.438. The molecule has 25 heavy (non-hydrogen) atoms. The molecule has 1 aromatic heterocycles. The van der Waals surface area contributed by atoms with Gasteiger partial charge in [0, 0.05) is 26.7 Å². The lowest BCUT2D eigenvalue weighted by Crippen LogP contribution is -2.33. The van der Waals surface area contributed by atoms with Gasteiger partial charge in [-0.15, -0.1) is 5.10 Å². The third kappa shape index (κ3) is 4.60. The van der Waals surface area contributed by atoms with Gasteiger partial charge in [-0.25, -0.2) is 4.68 Å². The third-order valence-corrected chi connectivity index (χ3v) is 4.07. The molecule has 0 saturated carbocycles. The minimum absolute atomic E-state index is 0.00934. The van der Waals surface area contributed by atoms with Crippen molar-refractivity contribution in [3.05, 3.63) is 41.2 Å². The highest BCUT2D eigenvalue weighted by Crippen LogP contribution is 2.23. The number of aromatic nitrogens is 4. The van der Waals surface area contributed by atoms with Gasteiger partial charge < -0.3 is 10.0 Å². The smallest absolute Gasteiger partial charge is 0.290 e. The molecule has 1 atom stereocenters. The number of amides is 1. The molecule has 0 spiro atoms. The molecular formula is C16H22N6O3. The molecule has 0 fully saturated rings. The molecule has 0 unspecified atom stereocenters. The number of likely N-dealkylation sites (N-methyl/N-ethyl adjacent to an activating group) is 1. The van der Waals surface area contributed by atoms with E-state index in [-0.39, 0.29) is 12.4 Å². The Morgan fingerprint density at radius 1 is 1.40 bits per heavy atom. The van der Waals surface area contributed by atoms with Crippen LogP contribution in [0, 0.1) is 0 Å². The predicted octanol–water partition coefficient (Wildman–Crippen LogP) is 0.539. The summed E-state index contributed by atoms with van der Waals surface area (Å²) in [4.78, 5) is 24.8. The monoisotopic (exact) mass is 346 g/mol. The minimum atomic E-state index is -0.402. The predicted molar refractivity (Wildman–Crippen MR) is 89.3 cm³/mol. The van der Waals surface area contributed by atoms with Gasteiger partial charge in [0.25, 0.3) is 6.47 Å². The lowest BCUT2D eigenvalue weighted by Gasteiger charge is -2.21. The lowest BCUT2D eigenvalue weighted by atomic mass is 10.1. The van der Waals surface area contributed by atoms with Crippen LogP contribution in [-0.4, -0.2) is 61.6 Å². The van der Waals surface area contributed by atoms with Crippen molar-refractivity contribution in [1.29, 1.82) is 0 Å². The average Bonchev–Trinajstić information content (AvgIpc) is 3.22. The summed E-state index contributed by atoms with van der Waals surface area (Å²) < 4.78 is 1.47. The van der Waals surface area contributed by atoms with E-state index in [2.05, 4.69) is 45.7 Å². The fourth-order valence-corrected chi connectivity index (χ4v) is 2.85. The minimum Gasteiger partial charge on any atom is -0.483 e. The standard InChI is InChI=1S/C15H20N6O.CH2O2/c1-11(21-10-16-17-18-21)15(22)20(3)7-12-4-5-13-8-19(2)9-14(13)6-12;2-1-3/h4-6,10-11H,7-9H2,1-3H3;1H,(H,2,3)/t11-;/m0./s1. The zero-order valence-corrected chi connectivity index (χ0v) is 14.5. The molecule has 9 heteroatoms. The van der Waals surface area contributed by atoms with Crippen molar-refractivity contribution < 1.29 is 14.7 Å². The van der Waals surface area contributed by atoms with Crippen molar-refractivity contribution in [1.82, 2.24) is 30.0 Å². The number of carbonyl (C=O) groups is 2. The van der Waals surface area contributed by atoms with E-state index in [1.807, 2.05) is 7.05 Å². The van der Waals surface area contributed by atoms with Gasteiger partial charge in [0.1, 0.15) is 12.4 Å². The van der Waals surface area contributed by atoms with Crippen LogP contribution in [0.4, 0.5) is 0 Å². The summed E-state index contributed by atoms with van der Waals surface area (Å²) in [6, 6.07) is 6.06. The quantitative estimate of drug-likeness (QED) is 0.806. The maximum atomic E-state index is 12.4. The number of hydrogen-bond acceptors (Lipinski definition) is 6. The van der Waals surface area contributed by atoms with Crippen LogP contribution in [0.1, 0.15) is 29.7 Å². The molecule has 1 aliphatic heterocycles. The highest BCUT2D eigenvalue weighted by molar-refractivity contribution is 5.79. The number of nitrogens with zero attached hydrogens (tertiary/aromatic N) is 6. The molecule has 3 rings (SSSR count). The molecule has 1 aromatic carbocycles. The van der Waals surface area contributed by atoms with Gasteiger partial charge in [0.15, 0.2) is 0 Å². The number of benzene rings is 1. The summed E-state index contributed by atoms with van der Waals surface area (Å²) in [6.07, 6.45) is 1.46. The molecule has 0 aliphatic carbocycles. The van der Waals surface area contributed by atoms with Crippen molar-refractivity contribution in [2.75, 3.05) is 14.1 Å². The third-order valence-electron chi connectivity index (χ3n) is 4.07. The normalized spacial score (nSPS) is 14.2. The van der Waals surface area contributed by atoms with Crippen molar-refractivity contribution in [2.45, 2.75) is 32.6 Å². The second-order valence-corrected chi connectivity index (χ2v) is 6.04. The molecular weight excluding hydrogens is 324 g/mol. The van der Waals surface area contributed by atoms with E-state index in [0.717, 1.165) is 18.7 Å². The van der Waals surface area contributed by atoms with E-state index in [0.29, 0.717) is 6.54 Å². The molecule has 9 nitrogen and oxygen atoms in total. The van der Waals surface area contributed by atoms with E-state index in [4.69, 9.17) is 9.90 Å². The topological polar surface area (TPSA) is 104 Å². The first-order valence-electron chi connectivity index (χ1n) is 7.80. The Morgan fingerprint density at radius 2 is 2.08 bits per heavy atom. The van der Waals surface area contributed by atoms with Crippen molar-refractivity contribution in [3.63, 3.8) is 0 Å². The number of carboxylic acid groups (broad SMARTS) is 1. The number of tetrazole rings is 1. The molecule has 1 amide bonds. The second-order valence-electron chi connectivity index (χ2n) is 6.04. The summed E-state index contributed by atoms with van der Waals surface area (Å²) >= 11 is 0. The molecule has 1 N–H and O–H groups in total. The van der Waals surface area contributed by atoms with Crippen LogP contribution in [-0.2, 0) is 29.2 Å². The maximum Gasteiger partial charge on any atom is 0.290 e. The Morgan fingerprint density at radius 3 is 2.72 bits per heavy atom. The number of fused-ring (bicyclic) bond motifs is 1. The molecule has 134 valence electrons. The Labute approximate surface area is 145 Å². The first kappa shape index (κ1) is 18.5. The van der Waals surface area contributed by atoms with Crippen LogP contribution in [0.3, 0.4) is 0 Å². The Kier molecular flexibility index (Phi) is 6.18. The lowest BCUT2D eigenvalue weighted by molar-refractivity contribution is -0.133. The van der Waals surface area contributed by atoms with Crippen LogP contribution in [0.5, 0.6) is 0 Å². The highest BCUT2D eigenvalue weighted by atomic mass is 16.3. The van der Waals surface area contributed by atoms with Gasteiger partial charge in [-0.05, 0) is 41.1 Å². The zero-order valence-electron chi connectivity index (χ0n) is 14.5. The summed E-state index contributed by atoms with van der Waals surface area (Å²) in [7, 11) is 3.92. The first-order chi connectivity index (χ1) is 12.0. The summed E-state index contributed by atoms with van der Waals surface area (Å²) in [5.41, 5.74) is 3.88. The summed E-state index contributed by atoms with van der Waals surface area (Å²) in [5.74, 6) is -0.00934. The largest absolute Gasteiger partial charge is 0.483 e. The number of carbonyl (C=O) groups excluding carboxylic acids is 1. The molecule has 2 aromatic rings. The van der Waals surface area contributed by atoms with Crippen molar-refractivity contribution in [2.24, 2.45) is 0 Å². The molecule has 0 radical (unpaired) electrons. The Balaban J connectivity index is 0.000000701. The molecule has 1 aliphatic rings. The van der Waals surface area contributed by atoms with Gasteiger partial charge in [0.05, 0.1) is 0 Å². The van der Waals surface area contributed by atoms with Gasteiger partial charge in [-0.1, -0.05) is 18.2 Å². The van der Waals surface area contributed by atoms with Crippen LogP contribution in [0.2, 0.25) is 0 Å². The first-order valence-corrected chi connectivity index (χ1v) is 7.80. The van der Waals surface area contributed by atoms with Gasteiger partial charge in [0.2, 0.25) is 5.91 Å². The Bertz CT molecular complexity index is 719. The molecule has 2 heterocycles. The number of hydrogen-bond donors (Lipinski definition) is 1. The summed E-state index contributed by atoms with van der Waals surface area (Å²) in [5, 5.41) is 17.8. The van der Waals surface area contributed by atoms with Crippen LogP contribution < -0.4 is 0 Å². The maximum absolute atomic E-state index is 12.4. The van der Waals surface area contributed by atoms with E-state index in [9.17, 15) is 4.79 Å². The van der Waals surface area contributed by atoms with Gasteiger partial charge in [-0.3, -0.25) is 14.5 Å². The van der Waals surface area contributed by atoms with Crippen molar-refractivity contribution in [3.8, 4) is 0 Å². The SMILES string of the molecule is C[C@@H](C(=O)N(C)Cc1ccc2c(c1)CN(C)C2)n1cnnn1.O=CO. The van der Waals surface area contributed by atoms with E-state index in [1.165, 1.54) is 22.1 Å². The fourth-order valence-electron chi connectivity index (χ4n) is 2.85. The van der Waals surface area contributed by atoms with E-state index < -0.39 is 6.04 Å². The van der Waals surface area contributed by atoms with Gasteiger partial charge >= 0.3 is 0 Å². The van der Waals surface area contributed by atoms with Crippen LogP contribution in [0.25, 0.3) is 0 Å². The Hall–Kier alpha value is -2.81. The van der Waals surface area contributed by atoms with E-state index in [1.54, 1.807) is 11.8 Å². The average molecular weight is 346 g/mol. The van der Waals surface area contributed by atoms with Gasteiger partial charge in [-0.2, -0.15) is 0 Å².